The molecular weight excluding hydrogens is 256 g/mol. The van der Waals surface area contributed by atoms with Gasteiger partial charge in [-0.3, -0.25) is 0 Å². The van der Waals surface area contributed by atoms with E-state index in [2.05, 4.69) is 17.6 Å². The SMILES string of the molecule is CCCCCCCCNC(=O)Nc1ccc(O)c(O)c1. The van der Waals surface area contributed by atoms with Gasteiger partial charge in [-0.1, -0.05) is 39.0 Å². The molecule has 1 aromatic rings. The predicted molar refractivity (Wildman–Crippen MR) is 80.2 cm³/mol. The number of unbranched alkanes of at least 4 members (excludes halogenated alkanes) is 5. The van der Waals surface area contributed by atoms with Crippen LogP contribution in [0.25, 0.3) is 0 Å². The van der Waals surface area contributed by atoms with Crippen LogP contribution in [-0.4, -0.2) is 22.8 Å². The topological polar surface area (TPSA) is 81.6 Å². The zero-order valence-corrected chi connectivity index (χ0v) is 12.0. The Bertz CT molecular complexity index is 422. The number of urea groups is 1. The minimum absolute atomic E-state index is 0.206. The number of carbonyl (C=O) groups is 1. The van der Waals surface area contributed by atoms with Gasteiger partial charge in [0.1, 0.15) is 0 Å². The molecule has 5 nitrogen and oxygen atoms in total. The molecule has 0 radical (unpaired) electrons. The van der Waals surface area contributed by atoms with E-state index in [9.17, 15) is 9.90 Å². The van der Waals surface area contributed by atoms with Crippen molar-refractivity contribution in [2.75, 3.05) is 11.9 Å². The average molecular weight is 280 g/mol. The van der Waals surface area contributed by atoms with Crippen LogP contribution in [0.5, 0.6) is 11.5 Å². The molecule has 1 aromatic carbocycles. The van der Waals surface area contributed by atoms with Crippen molar-refractivity contribution >= 4 is 11.7 Å². The second-order valence-corrected chi connectivity index (χ2v) is 4.85. The number of aromatic hydroxyl groups is 2. The Kier molecular flexibility index (Phi) is 7.32. The fourth-order valence-electron chi connectivity index (χ4n) is 1.88. The molecule has 0 bridgehead atoms. The van der Waals surface area contributed by atoms with E-state index in [1.165, 1.54) is 43.9 Å². The highest BCUT2D eigenvalue weighted by Gasteiger charge is 2.04. The quantitative estimate of drug-likeness (QED) is 0.334. The maximum atomic E-state index is 11.6. The van der Waals surface area contributed by atoms with Gasteiger partial charge in [0.2, 0.25) is 0 Å². The van der Waals surface area contributed by atoms with Crippen LogP contribution in [0, 0.1) is 0 Å². The van der Waals surface area contributed by atoms with Gasteiger partial charge in [-0.05, 0) is 18.6 Å². The van der Waals surface area contributed by atoms with Gasteiger partial charge >= 0.3 is 6.03 Å². The lowest BCUT2D eigenvalue weighted by atomic mass is 10.1. The van der Waals surface area contributed by atoms with Gasteiger partial charge in [-0.2, -0.15) is 0 Å². The lowest BCUT2D eigenvalue weighted by molar-refractivity contribution is 0.252. The Labute approximate surface area is 120 Å². The van der Waals surface area contributed by atoms with Crippen LogP contribution in [0.3, 0.4) is 0 Å². The number of phenolic OH excluding ortho intramolecular Hbond substituents is 2. The molecule has 0 heterocycles. The molecule has 112 valence electrons. The molecule has 0 spiro atoms. The zero-order chi connectivity index (χ0) is 14.8. The van der Waals surface area contributed by atoms with Gasteiger partial charge in [-0.25, -0.2) is 4.79 Å². The summed E-state index contributed by atoms with van der Waals surface area (Å²) in [5.41, 5.74) is 0.445. The third kappa shape index (κ3) is 6.31. The molecule has 1 rings (SSSR count). The van der Waals surface area contributed by atoms with E-state index in [0.717, 1.165) is 12.8 Å². The first-order valence-corrected chi connectivity index (χ1v) is 7.20. The Balaban J connectivity index is 2.15. The van der Waals surface area contributed by atoms with E-state index in [4.69, 9.17) is 5.11 Å². The van der Waals surface area contributed by atoms with Crippen LogP contribution in [0.15, 0.2) is 18.2 Å². The molecule has 0 aliphatic heterocycles. The van der Waals surface area contributed by atoms with Gasteiger partial charge < -0.3 is 20.8 Å². The first kappa shape index (κ1) is 16.1. The molecule has 0 saturated carbocycles. The highest BCUT2D eigenvalue weighted by atomic mass is 16.3. The highest BCUT2D eigenvalue weighted by molar-refractivity contribution is 5.89. The van der Waals surface area contributed by atoms with Crippen molar-refractivity contribution in [1.82, 2.24) is 5.32 Å². The normalized spacial score (nSPS) is 10.2. The van der Waals surface area contributed by atoms with Crippen LogP contribution in [-0.2, 0) is 0 Å². The fourth-order valence-corrected chi connectivity index (χ4v) is 1.88. The lowest BCUT2D eigenvalue weighted by Crippen LogP contribution is -2.29. The minimum atomic E-state index is -0.302. The standard InChI is InChI=1S/C15H24N2O3/c1-2-3-4-5-6-7-10-16-15(20)17-12-8-9-13(18)14(19)11-12/h8-9,11,18-19H,2-7,10H2,1H3,(H2,16,17,20). The summed E-state index contributed by atoms with van der Waals surface area (Å²) in [6, 6.07) is 3.86. The monoisotopic (exact) mass is 280 g/mol. The Morgan fingerprint density at radius 1 is 1.05 bits per heavy atom. The summed E-state index contributed by atoms with van der Waals surface area (Å²) >= 11 is 0. The Morgan fingerprint density at radius 2 is 1.75 bits per heavy atom. The largest absolute Gasteiger partial charge is 0.504 e. The van der Waals surface area contributed by atoms with E-state index in [-0.39, 0.29) is 17.5 Å². The van der Waals surface area contributed by atoms with Crippen LogP contribution in [0.2, 0.25) is 0 Å². The number of nitrogens with one attached hydrogen (secondary N) is 2. The third-order valence-electron chi connectivity index (χ3n) is 3.05. The maximum Gasteiger partial charge on any atom is 0.319 e. The van der Waals surface area contributed by atoms with E-state index in [1.54, 1.807) is 0 Å². The number of hydrogen-bond acceptors (Lipinski definition) is 3. The molecule has 4 N–H and O–H groups in total. The van der Waals surface area contributed by atoms with Gasteiger partial charge in [-0.15, -0.1) is 0 Å². The predicted octanol–water partition coefficient (Wildman–Crippen LogP) is 3.58. The van der Waals surface area contributed by atoms with Gasteiger partial charge in [0, 0.05) is 18.3 Å². The lowest BCUT2D eigenvalue weighted by Gasteiger charge is -2.08. The van der Waals surface area contributed by atoms with Crippen LogP contribution in [0.4, 0.5) is 10.5 Å². The molecule has 0 aromatic heterocycles. The average Bonchev–Trinajstić information content (AvgIpc) is 2.42. The molecule has 0 aliphatic rings. The molecule has 0 saturated heterocycles. The summed E-state index contributed by atoms with van der Waals surface area (Å²) in [6.45, 7) is 2.83. The Hall–Kier alpha value is -1.91. The molecule has 0 unspecified atom stereocenters. The van der Waals surface area contributed by atoms with Crippen molar-refractivity contribution < 1.29 is 15.0 Å². The van der Waals surface area contributed by atoms with Crippen LogP contribution in [0.1, 0.15) is 45.4 Å². The molecule has 0 fully saturated rings. The van der Waals surface area contributed by atoms with Crippen molar-refractivity contribution in [1.29, 1.82) is 0 Å². The second-order valence-electron chi connectivity index (χ2n) is 4.85. The van der Waals surface area contributed by atoms with Gasteiger partial charge in [0.15, 0.2) is 11.5 Å². The van der Waals surface area contributed by atoms with Crippen molar-refractivity contribution in [3.8, 4) is 11.5 Å². The first-order valence-electron chi connectivity index (χ1n) is 7.20. The van der Waals surface area contributed by atoms with Crippen molar-refractivity contribution in [3.05, 3.63) is 18.2 Å². The highest BCUT2D eigenvalue weighted by Crippen LogP contribution is 2.27. The Morgan fingerprint density at radius 3 is 2.45 bits per heavy atom. The first-order chi connectivity index (χ1) is 9.63. The number of carbonyl (C=O) groups excluding carboxylic acids is 1. The molecular formula is C15H24N2O3. The number of hydrogen-bond donors (Lipinski definition) is 4. The summed E-state index contributed by atoms with van der Waals surface area (Å²) in [4.78, 5) is 11.6. The fraction of sp³-hybridized carbons (Fsp3) is 0.533. The molecule has 0 aliphatic carbocycles. The minimum Gasteiger partial charge on any atom is -0.504 e. The smallest absolute Gasteiger partial charge is 0.319 e. The molecule has 5 heteroatoms. The molecule has 2 amide bonds. The molecule has 0 atom stereocenters. The van der Waals surface area contributed by atoms with E-state index in [0.29, 0.717) is 12.2 Å². The van der Waals surface area contributed by atoms with Crippen molar-refractivity contribution in [2.45, 2.75) is 45.4 Å². The number of phenols is 2. The summed E-state index contributed by atoms with van der Waals surface area (Å²) in [5.74, 6) is -0.457. The van der Waals surface area contributed by atoms with Crippen LogP contribution < -0.4 is 10.6 Å². The molecule has 20 heavy (non-hydrogen) atoms. The second kappa shape index (κ2) is 9.07. The van der Waals surface area contributed by atoms with E-state index >= 15 is 0 Å². The van der Waals surface area contributed by atoms with E-state index in [1.807, 2.05) is 0 Å². The maximum absolute atomic E-state index is 11.6. The summed E-state index contributed by atoms with van der Waals surface area (Å²) in [7, 11) is 0. The van der Waals surface area contributed by atoms with Gasteiger partial charge in [0.25, 0.3) is 0 Å². The van der Waals surface area contributed by atoms with Crippen LogP contribution >= 0.6 is 0 Å². The number of benzene rings is 1. The summed E-state index contributed by atoms with van der Waals surface area (Å²) < 4.78 is 0. The summed E-state index contributed by atoms with van der Waals surface area (Å²) in [5, 5.41) is 23.8. The summed E-state index contributed by atoms with van der Waals surface area (Å²) in [6.07, 6.45) is 7.08. The van der Waals surface area contributed by atoms with Crippen molar-refractivity contribution in [3.63, 3.8) is 0 Å². The van der Waals surface area contributed by atoms with Gasteiger partial charge in [0.05, 0.1) is 0 Å². The number of rotatable bonds is 8. The third-order valence-corrected chi connectivity index (χ3v) is 3.05. The van der Waals surface area contributed by atoms with E-state index < -0.39 is 0 Å². The zero-order valence-electron chi connectivity index (χ0n) is 12.0. The number of amides is 2. The van der Waals surface area contributed by atoms with Crippen molar-refractivity contribution in [2.24, 2.45) is 0 Å². The number of anilines is 1.